The van der Waals surface area contributed by atoms with E-state index in [4.69, 9.17) is 15.2 Å². The molecular weight excluding hydrogens is 457 g/mol. The molecule has 1 fully saturated rings. The fourth-order valence-electron chi connectivity index (χ4n) is 3.73. The molecule has 13 heteroatoms. The fraction of sp³-hybridized carbons (Fsp3) is 0.400. The highest BCUT2D eigenvalue weighted by Crippen LogP contribution is 2.51. The van der Waals surface area contributed by atoms with E-state index in [0.717, 1.165) is 38.5 Å². The SMILES string of the molecule is COc1c([C@H]2C[C@@](C)(C(F)(F)F)OC2C(=O)NC2=C[C@@H](C(N)=O)[N+](=O)C=C2)ccc(F)c1F. The van der Waals surface area contributed by atoms with Gasteiger partial charge in [0, 0.05) is 33.3 Å². The summed E-state index contributed by atoms with van der Waals surface area (Å²) in [4.78, 5) is 35.9. The fourth-order valence-corrected chi connectivity index (χ4v) is 3.73. The van der Waals surface area contributed by atoms with Crippen molar-refractivity contribution in [1.82, 2.24) is 5.32 Å². The predicted molar refractivity (Wildman–Crippen MR) is 102 cm³/mol. The molecule has 1 aromatic carbocycles. The molecular formula is C20H19F5N3O5+. The van der Waals surface area contributed by atoms with Crippen LogP contribution < -0.4 is 15.8 Å². The molecule has 2 aliphatic rings. The molecule has 0 radical (unpaired) electrons. The molecule has 1 unspecified atom stereocenters. The molecule has 0 saturated carbocycles. The first-order valence-corrected chi connectivity index (χ1v) is 9.51. The third-order valence-electron chi connectivity index (χ3n) is 5.48. The van der Waals surface area contributed by atoms with Crippen molar-refractivity contribution in [2.75, 3.05) is 7.11 Å². The van der Waals surface area contributed by atoms with Crippen LogP contribution in [0, 0.1) is 16.5 Å². The summed E-state index contributed by atoms with van der Waals surface area (Å²) in [5.41, 5.74) is 2.04. The summed E-state index contributed by atoms with van der Waals surface area (Å²) in [7, 11) is 1.01. The Hall–Kier alpha value is -3.35. The van der Waals surface area contributed by atoms with Gasteiger partial charge in [-0.15, -0.1) is 0 Å². The number of alkyl halides is 3. The molecule has 0 bridgehead atoms. The van der Waals surface area contributed by atoms with Gasteiger partial charge in [-0.1, -0.05) is 6.07 Å². The van der Waals surface area contributed by atoms with Crippen molar-refractivity contribution in [3.63, 3.8) is 0 Å². The molecule has 4 atom stereocenters. The second-order valence-electron chi connectivity index (χ2n) is 7.70. The summed E-state index contributed by atoms with van der Waals surface area (Å²) in [6.45, 7) is 0.734. The zero-order chi connectivity index (χ0) is 24.7. The van der Waals surface area contributed by atoms with Crippen molar-refractivity contribution in [3.8, 4) is 5.75 Å². The summed E-state index contributed by atoms with van der Waals surface area (Å²) in [6.07, 6.45) is -4.47. The lowest BCUT2D eigenvalue weighted by molar-refractivity contribution is -0.495. The highest BCUT2D eigenvalue weighted by Gasteiger charge is 2.61. The Kier molecular flexibility index (Phi) is 6.29. The zero-order valence-electron chi connectivity index (χ0n) is 17.3. The minimum absolute atomic E-state index is 0.0869. The van der Waals surface area contributed by atoms with Gasteiger partial charge in [-0.3, -0.25) is 9.59 Å². The number of carbonyl (C=O) groups excluding carboxylic acids is 2. The number of nitroso groups, excluding NO2 is 1. The maximum Gasteiger partial charge on any atom is 0.417 e. The van der Waals surface area contributed by atoms with E-state index in [1.165, 1.54) is 0 Å². The molecule has 0 aromatic heterocycles. The number of rotatable bonds is 5. The number of nitrogens with one attached hydrogen (secondary N) is 1. The molecule has 33 heavy (non-hydrogen) atoms. The highest BCUT2D eigenvalue weighted by atomic mass is 19.4. The number of carbonyl (C=O) groups is 2. The molecule has 0 spiro atoms. The number of halogens is 5. The van der Waals surface area contributed by atoms with Gasteiger partial charge in [-0.2, -0.15) is 17.6 Å². The molecule has 1 saturated heterocycles. The van der Waals surface area contributed by atoms with E-state index in [0.29, 0.717) is 6.07 Å². The van der Waals surface area contributed by atoms with E-state index < -0.39 is 65.5 Å². The van der Waals surface area contributed by atoms with Gasteiger partial charge in [0.2, 0.25) is 12.0 Å². The maximum absolute atomic E-state index is 14.2. The van der Waals surface area contributed by atoms with Crippen LogP contribution in [0.25, 0.3) is 0 Å². The summed E-state index contributed by atoms with van der Waals surface area (Å²) >= 11 is 0. The summed E-state index contributed by atoms with van der Waals surface area (Å²) in [6, 6.07) is 0.279. The third kappa shape index (κ3) is 4.45. The zero-order valence-corrected chi connectivity index (χ0v) is 17.3. The number of benzene rings is 1. The topological polar surface area (TPSA) is 111 Å². The third-order valence-corrected chi connectivity index (χ3v) is 5.48. The van der Waals surface area contributed by atoms with Gasteiger partial charge in [-0.25, -0.2) is 4.39 Å². The molecule has 0 aliphatic carbocycles. The molecule has 2 aliphatic heterocycles. The largest absolute Gasteiger partial charge is 0.493 e. The summed E-state index contributed by atoms with van der Waals surface area (Å²) in [5.74, 6) is -6.83. The van der Waals surface area contributed by atoms with E-state index in [-0.39, 0.29) is 16.0 Å². The normalized spacial score (nSPS) is 27.3. The van der Waals surface area contributed by atoms with Gasteiger partial charge in [0.1, 0.15) is 6.10 Å². The van der Waals surface area contributed by atoms with Crippen LogP contribution in [0.2, 0.25) is 0 Å². The van der Waals surface area contributed by atoms with Gasteiger partial charge in [0.05, 0.1) is 12.8 Å². The van der Waals surface area contributed by atoms with Gasteiger partial charge in [-0.05, 0) is 19.4 Å². The number of nitrogens with zero attached hydrogens (tertiary/aromatic N) is 1. The molecule has 2 heterocycles. The number of ether oxygens (including phenoxy) is 2. The number of primary amides is 1. The first-order valence-electron chi connectivity index (χ1n) is 9.51. The number of hydrogen-bond acceptors (Lipinski definition) is 5. The number of allylic oxidation sites excluding steroid dienone is 1. The standard InChI is InChI=1S/C20H18F5N3O5/c1-19(20(23,24)25)8-11(10-3-4-12(21)14(22)15(10)32-2)16(33-19)18(30)27-9-5-6-28(31)13(7-9)17(26)29/h3-7,11,13,16H,8H2,1-2H3,(H2-,26,27,29,30)/p+1/t11-,13+,16?,19+/m1/s1. The van der Waals surface area contributed by atoms with Crippen molar-refractivity contribution in [2.45, 2.75) is 43.2 Å². The maximum atomic E-state index is 14.2. The molecule has 178 valence electrons. The van der Waals surface area contributed by atoms with Crippen LogP contribution in [0.15, 0.2) is 36.2 Å². The lowest BCUT2D eigenvalue weighted by Crippen LogP contribution is -2.45. The van der Waals surface area contributed by atoms with Crippen LogP contribution in [-0.2, 0) is 14.3 Å². The minimum Gasteiger partial charge on any atom is -0.493 e. The van der Waals surface area contributed by atoms with Crippen molar-refractivity contribution < 1.29 is 45.8 Å². The molecule has 8 nitrogen and oxygen atoms in total. The lowest BCUT2D eigenvalue weighted by Gasteiger charge is -2.27. The van der Waals surface area contributed by atoms with Gasteiger partial charge in [0.15, 0.2) is 17.2 Å². The van der Waals surface area contributed by atoms with E-state index >= 15 is 0 Å². The Morgan fingerprint density at radius 2 is 1.97 bits per heavy atom. The second-order valence-corrected chi connectivity index (χ2v) is 7.70. The Morgan fingerprint density at radius 1 is 1.30 bits per heavy atom. The van der Waals surface area contributed by atoms with Crippen molar-refractivity contribution >= 4 is 11.8 Å². The minimum atomic E-state index is -4.89. The first-order chi connectivity index (χ1) is 15.3. The van der Waals surface area contributed by atoms with E-state index in [1.54, 1.807) is 0 Å². The summed E-state index contributed by atoms with van der Waals surface area (Å²) in [5, 5.41) is 2.28. The molecule has 1 aromatic rings. The quantitative estimate of drug-likeness (QED) is 0.501. The van der Waals surface area contributed by atoms with E-state index in [9.17, 15) is 36.4 Å². The number of methoxy groups -OCH3 is 1. The molecule has 3 N–H and O–H groups in total. The number of amides is 2. The average Bonchev–Trinajstić information content (AvgIpc) is 3.10. The van der Waals surface area contributed by atoms with Crippen LogP contribution in [-0.4, -0.2) is 47.6 Å². The predicted octanol–water partition coefficient (Wildman–Crippen LogP) is 2.33. The Balaban J connectivity index is 1.99. The van der Waals surface area contributed by atoms with Crippen LogP contribution in [0.3, 0.4) is 0 Å². The van der Waals surface area contributed by atoms with Gasteiger partial charge >= 0.3 is 12.2 Å². The Morgan fingerprint density at radius 3 is 2.55 bits per heavy atom. The first kappa shape index (κ1) is 24.3. The van der Waals surface area contributed by atoms with Crippen LogP contribution in [0.5, 0.6) is 5.75 Å². The van der Waals surface area contributed by atoms with Crippen LogP contribution in [0.4, 0.5) is 22.0 Å². The van der Waals surface area contributed by atoms with Crippen molar-refractivity contribution in [2.24, 2.45) is 5.73 Å². The van der Waals surface area contributed by atoms with Gasteiger partial charge in [0.25, 0.3) is 11.8 Å². The van der Waals surface area contributed by atoms with Crippen LogP contribution >= 0.6 is 0 Å². The lowest BCUT2D eigenvalue weighted by atomic mass is 9.85. The van der Waals surface area contributed by atoms with Crippen LogP contribution in [0.1, 0.15) is 24.8 Å². The number of nitrogens with two attached hydrogens (primary N) is 1. The smallest absolute Gasteiger partial charge is 0.417 e. The highest BCUT2D eigenvalue weighted by molar-refractivity contribution is 5.86. The second kappa shape index (κ2) is 8.54. The van der Waals surface area contributed by atoms with Crippen molar-refractivity contribution in [1.29, 1.82) is 0 Å². The average molecular weight is 476 g/mol. The number of hydrogen-bond donors (Lipinski definition) is 2. The summed E-state index contributed by atoms with van der Waals surface area (Å²) < 4.78 is 79.2. The molecule has 3 rings (SSSR count). The van der Waals surface area contributed by atoms with E-state index in [1.807, 2.05) is 0 Å². The Labute approximate surface area is 183 Å². The van der Waals surface area contributed by atoms with E-state index in [2.05, 4.69) is 5.32 Å². The van der Waals surface area contributed by atoms with Gasteiger partial charge < -0.3 is 20.5 Å². The van der Waals surface area contributed by atoms with Crippen molar-refractivity contribution in [3.05, 3.63) is 58.3 Å². The molecule has 2 amide bonds. The monoisotopic (exact) mass is 476 g/mol. The Bertz CT molecular complexity index is 1070.